The van der Waals surface area contributed by atoms with Gasteiger partial charge in [-0.1, -0.05) is 45.4 Å². The fourth-order valence-electron chi connectivity index (χ4n) is 2.56. The van der Waals surface area contributed by atoms with E-state index in [1.165, 1.54) is 11.1 Å². The Labute approximate surface area is 127 Å². The van der Waals surface area contributed by atoms with Crippen molar-refractivity contribution in [3.63, 3.8) is 0 Å². The molecule has 0 aliphatic rings. The van der Waals surface area contributed by atoms with Crippen LogP contribution >= 0.6 is 0 Å². The van der Waals surface area contributed by atoms with Crippen molar-refractivity contribution in [2.45, 2.75) is 65.7 Å². The van der Waals surface area contributed by atoms with E-state index in [0.717, 1.165) is 5.75 Å². The molecular formula is C16H29O2Si2. The van der Waals surface area contributed by atoms with Crippen LogP contribution in [0.15, 0.2) is 18.2 Å². The molecule has 1 aromatic carbocycles. The standard InChI is InChI=1S/C16H29O2Si2/c1-12(2)20(13(3)4,18-19(7)8)17-16-10-9-14(5)11-15(16)6/h9-13H,1-8H3. The van der Waals surface area contributed by atoms with E-state index < -0.39 is 17.6 Å². The van der Waals surface area contributed by atoms with Gasteiger partial charge in [0.1, 0.15) is 5.75 Å². The zero-order valence-corrected chi connectivity index (χ0v) is 16.2. The summed E-state index contributed by atoms with van der Waals surface area (Å²) in [6.45, 7) is 17.6. The maximum absolute atomic E-state index is 6.56. The van der Waals surface area contributed by atoms with Crippen LogP contribution in [0.4, 0.5) is 0 Å². The number of benzene rings is 1. The zero-order chi connectivity index (χ0) is 15.5. The van der Waals surface area contributed by atoms with Gasteiger partial charge in [0.15, 0.2) is 9.04 Å². The van der Waals surface area contributed by atoms with Crippen LogP contribution < -0.4 is 4.43 Å². The first-order valence-corrected chi connectivity index (χ1v) is 11.8. The van der Waals surface area contributed by atoms with Gasteiger partial charge >= 0.3 is 8.56 Å². The number of aryl methyl sites for hydroxylation is 2. The molecule has 0 amide bonds. The van der Waals surface area contributed by atoms with Crippen LogP contribution in [0.2, 0.25) is 24.2 Å². The highest BCUT2D eigenvalue weighted by molar-refractivity contribution is 6.77. The lowest BCUT2D eigenvalue weighted by Gasteiger charge is -2.39. The molecule has 1 radical (unpaired) electrons. The van der Waals surface area contributed by atoms with Gasteiger partial charge in [-0.15, -0.1) is 0 Å². The van der Waals surface area contributed by atoms with Crippen molar-refractivity contribution in [3.8, 4) is 5.75 Å². The number of rotatable bonds is 6. The van der Waals surface area contributed by atoms with Crippen LogP contribution in [0.1, 0.15) is 38.8 Å². The third-order valence-electron chi connectivity index (χ3n) is 3.57. The Morgan fingerprint density at radius 2 is 1.55 bits per heavy atom. The molecular weight excluding hydrogens is 280 g/mol. The zero-order valence-electron chi connectivity index (χ0n) is 14.2. The molecule has 0 saturated heterocycles. The Balaban J connectivity index is 3.17. The molecule has 0 aliphatic carbocycles. The molecule has 2 nitrogen and oxygen atoms in total. The Bertz CT molecular complexity index is 434. The minimum absolute atomic E-state index is 0.433. The third kappa shape index (κ3) is 3.96. The fraction of sp³-hybridized carbons (Fsp3) is 0.625. The normalized spacial score (nSPS) is 12.6. The molecule has 0 saturated carbocycles. The van der Waals surface area contributed by atoms with Gasteiger partial charge in [-0.25, -0.2) is 0 Å². The lowest BCUT2D eigenvalue weighted by molar-refractivity contribution is 0.354. The van der Waals surface area contributed by atoms with Gasteiger partial charge in [0.05, 0.1) is 0 Å². The SMILES string of the molecule is Cc1ccc(O[Si](O[Si](C)C)(C(C)C)C(C)C)c(C)c1. The summed E-state index contributed by atoms with van der Waals surface area (Å²) in [6.07, 6.45) is 0. The number of hydrogen-bond donors (Lipinski definition) is 0. The van der Waals surface area contributed by atoms with E-state index in [-0.39, 0.29) is 0 Å². The van der Waals surface area contributed by atoms with Crippen molar-refractivity contribution >= 4 is 17.6 Å². The van der Waals surface area contributed by atoms with Crippen LogP contribution in [0, 0.1) is 13.8 Å². The first-order chi connectivity index (χ1) is 9.19. The van der Waals surface area contributed by atoms with Crippen LogP contribution in [0.5, 0.6) is 5.75 Å². The summed E-state index contributed by atoms with van der Waals surface area (Å²) in [6, 6.07) is 6.39. The summed E-state index contributed by atoms with van der Waals surface area (Å²) in [5.41, 5.74) is 3.34. The van der Waals surface area contributed by atoms with Crippen LogP contribution in [-0.4, -0.2) is 17.6 Å². The van der Waals surface area contributed by atoms with Crippen molar-refractivity contribution in [2.75, 3.05) is 0 Å². The number of hydrogen-bond acceptors (Lipinski definition) is 2. The minimum Gasteiger partial charge on any atom is -0.520 e. The van der Waals surface area contributed by atoms with Gasteiger partial charge in [-0.05, 0) is 38.6 Å². The Kier molecular flexibility index (Phi) is 6.04. The second-order valence-corrected chi connectivity index (χ2v) is 13.0. The van der Waals surface area contributed by atoms with Crippen molar-refractivity contribution in [3.05, 3.63) is 29.3 Å². The smallest absolute Gasteiger partial charge is 0.393 e. The largest absolute Gasteiger partial charge is 0.520 e. The van der Waals surface area contributed by atoms with Gasteiger partial charge < -0.3 is 8.54 Å². The van der Waals surface area contributed by atoms with Crippen molar-refractivity contribution in [1.82, 2.24) is 0 Å². The topological polar surface area (TPSA) is 18.5 Å². The highest BCUT2D eigenvalue weighted by Crippen LogP contribution is 2.37. The van der Waals surface area contributed by atoms with E-state index in [2.05, 4.69) is 72.8 Å². The van der Waals surface area contributed by atoms with E-state index >= 15 is 0 Å². The van der Waals surface area contributed by atoms with E-state index in [0.29, 0.717) is 11.1 Å². The molecule has 20 heavy (non-hydrogen) atoms. The predicted octanol–water partition coefficient (Wildman–Crippen LogP) is 5.21. The van der Waals surface area contributed by atoms with Crippen molar-refractivity contribution in [1.29, 1.82) is 0 Å². The molecule has 0 atom stereocenters. The first-order valence-electron chi connectivity index (χ1n) is 7.44. The van der Waals surface area contributed by atoms with Gasteiger partial charge in [0.2, 0.25) is 0 Å². The van der Waals surface area contributed by atoms with E-state index in [1.807, 2.05) is 0 Å². The molecule has 0 N–H and O–H groups in total. The van der Waals surface area contributed by atoms with E-state index in [1.54, 1.807) is 0 Å². The average molecular weight is 310 g/mol. The Morgan fingerprint density at radius 1 is 1.00 bits per heavy atom. The van der Waals surface area contributed by atoms with E-state index in [9.17, 15) is 0 Å². The molecule has 0 fully saturated rings. The van der Waals surface area contributed by atoms with E-state index in [4.69, 9.17) is 8.54 Å². The van der Waals surface area contributed by atoms with Crippen LogP contribution in [-0.2, 0) is 4.12 Å². The molecule has 0 heterocycles. The van der Waals surface area contributed by atoms with Gasteiger partial charge in [-0.3, -0.25) is 0 Å². The molecule has 0 spiro atoms. The first kappa shape index (κ1) is 17.5. The maximum Gasteiger partial charge on any atom is 0.393 e. The molecule has 1 rings (SSSR count). The highest BCUT2D eigenvalue weighted by atomic mass is 28.4. The lowest BCUT2D eigenvalue weighted by Crippen LogP contribution is -2.53. The second-order valence-electron chi connectivity index (χ2n) is 6.41. The van der Waals surface area contributed by atoms with Crippen molar-refractivity contribution in [2.24, 2.45) is 0 Å². The van der Waals surface area contributed by atoms with Gasteiger partial charge in [-0.2, -0.15) is 0 Å². The van der Waals surface area contributed by atoms with Gasteiger partial charge in [0, 0.05) is 11.1 Å². The monoisotopic (exact) mass is 309 g/mol. The minimum atomic E-state index is -2.26. The molecule has 113 valence electrons. The quantitative estimate of drug-likeness (QED) is 0.671. The van der Waals surface area contributed by atoms with Gasteiger partial charge in [0.25, 0.3) is 0 Å². The molecule has 0 aliphatic heterocycles. The van der Waals surface area contributed by atoms with Crippen LogP contribution in [0.3, 0.4) is 0 Å². The molecule has 0 bridgehead atoms. The Hall–Kier alpha value is -0.586. The lowest BCUT2D eigenvalue weighted by atomic mass is 10.1. The summed E-state index contributed by atoms with van der Waals surface area (Å²) in [5, 5.41) is 0. The summed E-state index contributed by atoms with van der Waals surface area (Å²) >= 11 is 0. The molecule has 0 aromatic heterocycles. The maximum atomic E-state index is 6.56. The fourth-order valence-corrected chi connectivity index (χ4v) is 9.55. The molecule has 0 unspecified atom stereocenters. The summed E-state index contributed by atoms with van der Waals surface area (Å²) < 4.78 is 13.0. The third-order valence-corrected chi connectivity index (χ3v) is 10.2. The highest BCUT2D eigenvalue weighted by Gasteiger charge is 2.47. The average Bonchev–Trinajstić information content (AvgIpc) is 2.30. The molecule has 1 aromatic rings. The van der Waals surface area contributed by atoms with Crippen molar-refractivity contribution < 1.29 is 8.54 Å². The Morgan fingerprint density at radius 3 is 1.95 bits per heavy atom. The predicted molar refractivity (Wildman–Crippen MR) is 91.1 cm³/mol. The summed E-state index contributed by atoms with van der Waals surface area (Å²) in [7, 11) is -3.04. The summed E-state index contributed by atoms with van der Waals surface area (Å²) in [5.74, 6) is 0.993. The van der Waals surface area contributed by atoms with Crippen LogP contribution in [0.25, 0.3) is 0 Å². The molecule has 4 heteroatoms. The second kappa shape index (κ2) is 6.92. The summed E-state index contributed by atoms with van der Waals surface area (Å²) in [4.78, 5) is 0.